The van der Waals surface area contributed by atoms with E-state index in [2.05, 4.69) is 35.4 Å². The highest BCUT2D eigenvalue weighted by Crippen LogP contribution is 2.20. The van der Waals surface area contributed by atoms with E-state index >= 15 is 0 Å². The van der Waals surface area contributed by atoms with E-state index in [0.717, 1.165) is 11.5 Å². The molecule has 0 aliphatic carbocycles. The normalized spacial score (nSPS) is 14.7. The van der Waals surface area contributed by atoms with Gasteiger partial charge in [0.25, 0.3) is 0 Å². The molecule has 0 amide bonds. The molecule has 0 radical (unpaired) electrons. The van der Waals surface area contributed by atoms with Gasteiger partial charge < -0.3 is 9.88 Å². The van der Waals surface area contributed by atoms with Gasteiger partial charge in [0, 0.05) is 44.3 Å². The van der Waals surface area contributed by atoms with Crippen molar-refractivity contribution >= 4 is 0 Å². The maximum Gasteiger partial charge on any atom is 0.125 e. The van der Waals surface area contributed by atoms with Crippen LogP contribution in [0.5, 0.6) is 0 Å². The number of nitrogens with one attached hydrogen (secondary N) is 1. The van der Waals surface area contributed by atoms with Crippen molar-refractivity contribution < 1.29 is 0 Å². The SMILES string of the molecule is Cc1nn(C)cc1C(C)NC(C)c1nccn1C. The molecule has 1 N–H and O–H groups in total. The molecule has 0 saturated heterocycles. The molecular formula is C13H21N5. The van der Waals surface area contributed by atoms with Crippen LogP contribution in [0.2, 0.25) is 0 Å². The maximum atomic E-state index is 4.38. The molecule has 2 aromatic heterocycles. The average molecular weight is 247 g/mol. The smallest absolute Gasteiger partial charge is 0.125 e. The monoisotopic (exact) mass is 247 g/mol. The van der Waals surface area contributed by atoms with Crippen molar-refractivity contribution in [2.75, 3.05) is 0 Å². The van der Waals surface area contributed by atoms with E-state index in [1.54, 1.807) is 0 Å². The summed E-state index contributed by atoms with van der Waals surface area (Å²) >= 11 is 0. The van der Waals surface area contributed by atoms with Crippen LogP contribution in [-0.4, -0.2) is 19.3 Å². The van der Waals surface area contributed by atoms with Gasteiger partial charge in [0.1, 0.15) is 5.82 Å². The molecule has 0 aliphatic heterocycles. The van der Waals surface area contributed by atoms with Gasteiger partial charge in [-0.05, 0) is 20.8 Å². The van der Waals surface area contributed by atoms with Gasteiger partial charge in [-0.15, -0.1) is 0 Å². The fourth-order valence-corrected chi connectivity index (χ4v) is 2.38. The quantitative estimate of drug-likeness (QED) is 0.897. The molecule has 0 bridgehead atoms. The third kappa shape index (κ3) is 2.46. The number of nitrogens with zero attached hydrogens (tertiary/aromatic N) is 4. The average Bonchev–Trinajstić information content (AvgIpc) is 2.84. The van der Waals surface area contributed by atoms with Crippen LogP contribution in [-0.2, 0) is 14.1 Å². The minimum Gasteiger partial charge on any atom is -0.337 e. The molecule has 0 saturated carbocycles. The zero-order chi connectivity index (χ0) is 13.3. The highest BCUT2D eigenvalue weighted by atomic mass is 15.3. The summed E-state index contributed by atoms with van der Waals surface area (Å²) < 4.78 is 3.90. The fraction of sp³-hybridized carbons (Fsp3) is 0.538. The third-order valence-electron chi connectivity index (χ3n) is 3.26. The van der Waals surface area contributed by atoms with E-state index in [1.165, 1.54) is 5.56 Å². The Bertz CT molecular complexity index is 525. The van der Waals surface area contributed by atoms with Crippen LogP contribution in [0, 0.1) is 6.92 Å². The van der Waals surface area contributed by atoms with E-state index in [9.17, 15) is 0 Å². The molecule has 2 rings (SSSR count). The maximum absolute atomic E-state index is 4.38. The topological polar surface area (TPSA) is 47.7 Å². The number of aromatic nitrogens is 4. The lowest BCUT2D eigenvalue weighted by Gasteiger charge is -2.19. The van der Waals surface area contributed by atoms with Gasteiger partial charge in [-0.3, -0.25) is 4.68 Å². The molecule has 0 spiro atoms. The largest absolute Gasteiger partial charge is 0.337 e. The Morgan fingerprint density at radius 1 is 1.22 bits per heavy atom. The summed E-state index contributed by atoms with van der Waals surface area (Å²) in [5, 5.41) is 7.93. The van der Waals surface area contributed by atoms with Crippen molar-refractivity contribution in [3.8, 4) is 0 Å². The predicted molar refractivity (Wildman–Crippen MR) is 71.1 cm³/mol. The van der Waals surface area contributed by atoms with Gasteiger partial charge in [0.15, 0.2) is 0 Å². The Morgan fingerprint density at radius 2 is 1.94 bits per heavy atom. The molecule has 5 heteroatoms. The van der Waals surface area contributed by atoms with Gasteiger partial charge in [-0.2, -0.15) is 5.10 Å². The van der Waals surface area contributed by atoms with E-state index in [1.807, 2.05) is 42.7 Å². The summed E-state index contributed by atoms with van der Waals surface area (Å²) in [7, 11) is 3.96. The zero-order valence-electron chi connectivity index (χ0n) is 11.7. The lowest BCUT2D eigenvalue weighted by atomic mass is 10.1. The van der Waals surface area contributed by atoms with Crippen LogP contribution in [0.15, 0.2) is 18.6 Å². The molecule has 5 nitrogen and oxygen atoms in total. The van der Waals surface area contributed by atoms with Crippen LogP contribution in [0.4, 0.5) is 0 Å². The second-order valence-electron chi connectivity index (χ2n) is 4.85. The second-order valence-corrected chi connectivity index (χ2v) is 4.85. The Kier molecular flexibility index (Phi) is 3.52. The van der Waals surface area contributed by atoms with Crippen molar-refractivity contribution in [1.82, 2.24) is 24.6 Å². The number of rotatable bonds is 4. The Balaban J connectivity index is 2.10. The molecule has 2 heterocycles. The second kappa shape index (κ2) is 4.94. The standard InChI is InChI=1S/C13H21N5/c1-9(12-8-18(5)16-10(12)2)15-11(3)13-14-6-7-17(13)4/h6-9,11,15H,1-5H3. The van der Waals surface area contributed by atoms with Gasteiger partial charge in [-0.1, -0.05) is 0 Å². The van der Waals surface area contributed by atoms with E-state index < -0.39 is 0 Å². The summed E-state index contributed by atoms with van der Waals surface area (Å²) in [5.74, 6) is 1.04. The minimum absolute atomic E-state index is 0.208. The van der Waals surface area contributed by atoms with Crippen molar-refractivity contribution in [3.05, 3.63) is 35.7 Å². The Labute approximate surface area is 108 Å². The van der Waals surface area contributed by atoms with Crippen molar-refractivity contribution in [2.45, 2.75) is 32.9 Å². The third-order valence-corrected chi connectivity index (χ3v) is 3.26. The van der Waals surface area contributed by atoms with Gasteiger partial charge >= 0.3 is 0 Å². The molecule has 18 heavy (non-hydrogen) atoms. The fourth-order valence-electron chi connectivity index (χ4n) is 2.38. The number of imidazole rings is 1. The predicted octanol–water partition coefficient (Wildman–Crippen LogP) is 1.87. The highest BCUT2D eigenvalue weighted by molar-refractivity contribution is 5.19. The molecule has 0 fully saturated rings. The molecule has 2 unspecified atom stereocenters. The van der Waals surface area contributed by atoms with Gasteiger partial charge in [-0.25, -0.2) is 4.98 Å². The Hall–Kier alpha value is -1.62. The summed E-state index contributed by atoms with van der Waals surface area (Å²) in [4.78, 5) is 4.37. The van der Waals surface area contributed by atoms with Crippen LogP contribution in [0.1, 0.15) is 43.0 Å². The number of hydrogen-bond donors (Lipinski definition) is 1. The van der Waals surface area contributed by atoms with Crippen LogP contribution >= 0.6 is 0 Å². The first-order valence-corrected chi connectivity index (χ1v) is 6.22. The number of hydrogen-bond acceptors (Lipinski definition) is 3. The van der Waals surface area contributed by atoms with Crippen LogP contribution < -0.4 is 5.32 Å². The van der Waals surface area contributed by atoms with Crippen molar-refractivity contribution in [3.63, 3.8) is 0 Å². The summed E-state index contributed by atoms with van der Waals surface area (Å²) in [6.07, 6.45) is 5.86. The van der Waals surface area contributed by atoms with E-state index in [4.69, 9.17) is 0 Å². The molecule has 2 atom stereocenters. The first-order chi connectivity index (χ1) is 8.49. The van der Waals surface area contributed by atoms with Gasteiger partial charge in [0.2, 0.25) is 0 Å². The van der Waals surface area contributed by atoms with Crippen LogP contribution in [0.3, 0.4) is 0 Å². The van der Waals surface area contributed by atoms with Crippen LogP contribution in [0.25, 0.3) is 0 Å². The summed E-state index contributed by atoms with van der Waals surface area (Å²) in [6.45, 7) is 6.33. The summed E-state index contributed by atoms with van der Waals surface area (Å²) in [5.41, 5.74) is 2.31. The molecular weight excluding hydrogens is 226 g/mol. The first-order valence-electron chi connectivity index (χ1n) is 6.22. The van der Waals surface area contributed by atoms with Gasteiger partial charge in [0.05, 0.1) is 11.7 Å². The van der Waals surface area contributed by atoms with Crippen molar-refractivity contribution in [1.29, 1.82) is 0 Å². The number of aryl methyl sites for hydroxylation is 3. The minimum atomic E-state index is 0.208. The molecule has 98 valence electrons. The van der Waals surface area contributed by atoms with E-state index in [0.29, 0.717) is 0 Å². The molecule has 2 aromatic rings. The summed E-state index contributed by atoms with van der Waals surface area (Å²) in [6, 6.07) is 0.463. The van der Waals surface area contributed by atoms with Crippen molar-refractivity contribution in [2.24, 2.45) is 14.1 Å². The molecule has 0 aromatic carbocycles. The zero-order valence-corrected chi connectivity index (χ0v) is 11.7. The lowest BCUT2D eigenvalue weighted by Crippen LogP contribution is -2.24. The Morgan fingerprint density at radius 3 is 2.44 bits per heavy atom. The first kappa shape index (κ1) is 12.8. The van der Waals surface area contributed by atoms with E-state index in [-0.39, 0.29) is 12.1 Å². The molecule has 0 aliphatic rings. The highest BCUT2D eigenvalue weighted by Gasteiger charge is 2.17. The lowest BCUT2D eigenvalue weighted by molar-refractivity contribution is 0.466.